The monoisotopic (exact) mass is 200 g/mol. The molecule has 0 aromatic carbocycles. The Kier molecular flexibility index (Phi) is 5.15. The summed E-state index contributed by atoms with van der Waals surface area (Å²) in [7, 11) is 0. The van der Waals surface area contributed by atoms with Gasteiger partial charge in [0.1, 0.15) is 6.79 Å². The molecule has 3 nitrogen and oxygen atoms in total. The fourth-order valence-corrected chi connectivity index (χ4v) is 1.94. The number of aliphatic hydroxyl groups is 2. The lowest BCUT2D eigenvalue weighted by molar-refractivity contribution is -0.0367. The first-order valence-electron chi connectivity index (χ1n) is 5.27. The summed E-state index contributed by atoms with van der Waals surface area (Å²) >= 11 is 0. The summed E-state index contributed by atoms with van der Waals surface area (Å²) in [6, 6.07) is 0. The van der Waals surface area contributed by atoms with Crippen LogP contribution in [0.25, 0.3) is 0 Å². The van der Waals surface area contributed by atoms with Gasteiger partial charge in [0.15, 0.2) is 0 Å². The molecule has 1 fully saturated rings. The van der Waals surface area contributed by atoms with E-state index in [-0.39, 0.29) is 13.4 Å². The zero-order valence-electron chi connectivity index (χ0n) is 8.72. The van der Waals surface area contributed by atoms with E-state index in [4.69, 9.17) is 10.2 Å². The third-order valence-corrected chi connectivity index (χ3v) is 2.62. The highest BCUT2D eigenvalue weighted by Crippen LogP contribution is 2.38. The lowest BCUT2D eigenvalue weighted by atomic mass is 10.1. The van der Waals surface area contributed by atoms with Crippen molar-refractivity contribution in [1.29, 1.82) is 0 Å². The van der Waals surface area contributed by atoms with Crippen LogP contribution in [0.3, 0.4) is 0 Å². The summed E-state index contributed by atoms with van der Waals surface area (Å²) in [6.07, 6.45) is 8.71. The van der Waals surface area contributed by atoms with Crippen LogP contribution in [0.15, 0.2) is 12.2 Å². The molecule has 14 heavy (non-hydrogen) atoms. The zero-order chi connectivity index (χ0) is 10.4. The van der Waals surface area contributed by atoms with Gasteiger partial charge in [0.2, 0.25) is 0 Å². The summed E-state index contributed by atoms with van der Waals surface area (Å²) in [5.41, 5.74) is 0. The Morgan fingerprint density at radius 3 is 2.07 bits per heavy atom. The van der Waals surface area contributed by atoms with Crippen LogP contribution in [0.1, 0.15) is 26.2 Å². The molecular formula is C11H20O3. The van der Waals surface area contributed by atoms with Crippen molar-refractivity contribution in [2.45, 2.75) is 32.3 Å². The van der Waals surface area contributed by atoms with Crippen molar-refractivity contribution in [3.8, 4) is 0 Å². The minimum Gasteiger partial charge on any atom is -0.391 e. The van der Waals surface area contributed by atoms with Crippen molar-refractivity contribution in [2.75, 3.05) is 13.4 Å². The summed E-state index contributed by atoms with van der Waals surface area (Å²) in [5, 5.41) is 16.4. The van der Waals surface area contributed by atoms with Gasteiger partial charge in [-0.15, -0.1) is 0 Å². The van der Waals surface area contributed by atoms with Crippen LogP contribution in [-0.4, -0.2) is 29.7 Å². The van der Waals surface area contributed by atoms with Gasteiger partial charge in [0.25, 0.3) is 0 Å². The number of hydrogen-bond donors (Lipinski definition) is 2. The molecule has 0 spiro atoms. The summed E-state index contributed by atoms with van der Waals surface area (Å²) in [5.74, 6) is 1.98. The van der Waals surface area contributed by atoms with Crippen LogP contribution in [0, 0.1) is 11.8 Å². The standard InChI is InChI=1S/C7H10.C4H10O3/c1-2-7-4-3-6(1)5-7;1-4(6)2-7-3-5/h1-2,6-7H,3-5H2;4-6H,2-3H2,1H3. The number of fused-ring (bicyclic) bond motifs is 2. The van der Waals surface area contributed by atoms with Crippen LogP contribution >= 0.6 is 0 Å². The van der Waals surface area contributed by atoms with Crippen LogP contribution in [0.2, 0.25) is 0 Å². The van der Waals surface area contributed by atoms with E-state index >= 15 is 0 Å². The molecule has 3 heteroatoms. The molecule has 0 aromatic rings. The summed E-state index contributed by atoms with van der Waals surface area (Å²) in [6.45, 7) is 1.48. The highest BCUT2D eigenvalue weighted by molar-refractivity contribution is 5.06. The Morgan fingerprint density at radius 1 is 1.36 bits per heavy atom. The second kappa shape index (κ2) is 6.17. The average molecular weight is 200 g/mol. The van der Waals surface area contributed by atoms with E-state index in [0.29, 0.717) is 0 Å². The van der Waals surface area contributed by atoms with Crippen molar-refractivity contribution < 1.29 is 14.9 Å². The molecule has 3 atom stereocenters. The van der Waals surface area contributed by atoms with Crippen molar-refractivity contribution in [3.63, 3.8) is 0 Å². The van der Waals surface area contributed by atoms with Gasteiger partial charge in [0, 0.05) is 0 Å². The molecule has 2 bridgehead atoms. The highest BCUT2D eigenvalue weighted by Gasteiger charge is 2.25. The Hall–Kier alpha value is -0.380. The number of ether oxygens (including phenoxy) is 1. The van der Waals surface area contributed by atoms with Crippen molar-refractivity contribution in [3.05, 3.63) is 12.2 Å². The first-order valence-corrected chi connectivity index (χ1v) is 5.27. The van der Waals surface area contributed by atoms with Gasteiger partial charge in [-0.25, -0.2) is 0 Å². The first-order chi connectivity index (χ1) is 6.72. The molecule has 1 saturated carbocycles. The predicted molar refractivity (Wildman–Crippen MR) is 54.7 cm³/mol. The third kappa shape index (κ3) is 4.22. The Labute approximate surface area is 85.4 Å². The van der Waals surface area contributed by atoms with Crippen molar-refractivity contribution in [1.82, 2.24) is 0 Å². The van der Waals surface area contributed by atoms with Crippen molar-refractivity contribution >= 4 is 0 Å². The number of rotatable bonds is 3. The van der Waals surface area contributed by atoms with Gasteiger partial charge < -0.3 is 14.9 Å². The molecule has 3 unspecified atom stereocenters. The fourth-order valence-electron chi connectivity index (χ4n) is 1.94. The average Bonchev–Trinajstić information content (AvgIpc) is 2.79. The van der Waals surface area contributed by atoms with E-state index in [9.17, 15) is 0 Å². The molecule has 0 amide bonds. The maximum atomic E-state index is 8.45. The quantitative estimate of drug-likeness (QED) is 0.533. The predicted octanol–water partition coefficient (Wildman–Crippen LogP) is 1.31. The number of aliphatic hydroxyl groups excluding tert-OH is 2. The smallest absolute Gasteiger partial charge is 0.143 e. The van der Waals surface area contributed by atoms with E-state index in [0.717, 1.165) is 11.8 Å². The van der Waals surface area contributed by atoms with Gasteiger partial charge in [-0.05, 0) is 38.0 Å². The summed E-state index contributed by atoms with van der Waals surface area (Å²) < 4.78 is 4.40. The van der Waals surface area contributed by atoms with E-state index in [1.165, 1.54) is 19.3 Å². The molecule has 2 N–H and O–H groups in total. The number of hydrogen-bond acceptors (Lipinski definition) is 3. The van der Waals surface area contributed by atoms with E-state index < -0.39 is 6.10 Å². The maximum Gasteiger partial charge on any atom is 0.143 e. The van der Waals surface area contributed by atoms with Crippen LogP contribution in [0.4, 0.5) is 0 Å². The fraction of sp³-hybridized carbons (Fsp3) is 0.818. The molecule has 0 saturated heterocycles. The Morgan fingerprint density at radius 2 is 1.93 bits per heavy atom. The molecule has 0 aromatic heterocycles. The highest BCUT2D eigenvalue weighted by atomic mass is 16.6. The zero-order valence-corrected chi connectivity index (χ0v) is 8.72. The second-order valence-electron chi connectivity index (χ2n) is 4.07. The van der Waals surface area contributed by atoms with E-state index in [1.807, 2.05) is 0 Å². The van der Waals surface area contributed by atoms with Gasteiger partial charge in [-0.1, -0.05) is 12.2 Å². The molecule has 2 aliphatic rings. The van der Waals surface area contributed by atoms with Crippen LogP contribution in [0.5, 0.6) is 0 Å². The van der Waals surface area contributed by atoms with Gasteiger partial charge in [-0.2, -0.15) is 0 Å². The normalized spacial score (nSPS) is 29.9. The van der Waals surface area contributed by atoms with Gasteiger partial charge in [-0.3, -0.25) is 0 Å². The van der Waals surface area contributed by atoms with Gasteiger partial charge in [0.05, 0.1) is 12.7 Å². The van der Waals surface area contributed by atoms with Crippen LogP contribution < -0.4 is 0 Å². The minimum atomic E-state index is -0.479. The molecule has 82 valence electrons. The molecular weight excluding hydrogens is 180 g/mol. The van der Waals surface area contributed by atoms with Crippen LogP contribution in [-0.2, 0) is 4.74 Å². The SMILES string of the molecule is C1=CC2CCC1C2.CC(O)COCO. The van der Waals surface area contributed by atoms with Crippen molar-refractivity contribution in [2.24, 2.45) is 11.8 Å². The second-order valence-corrected chi connectivity index (χ2v) is 4.07. The molecule has 2 rings (SSSR count). The molecule has 0 aliphatic heterocycles. The lowest BCUT2D eigenvalue weighted by Crippen LogP contribution is -2.10. The lowest BCUT2D eigenvalue weighted by Gasteiger charge is -2.00. The maximum absolute atomic E-state index is 8.45. The topological polar surface area (TPSA) is 49.7 Å². The van der Waals surface area contributed by atoms with Gasteiger partial charge >= 0.3 is 0 Å². The molecule has 2 aliphatic carbocycles. The van der Waals surface area contributed by atoms with E-state index in [2.05, 4.69) is 16.9 Å². The third-order valence-electron chi connectivity index (χ3n) is 2.62. The molecule has 0 heterocycles. The first kappa shape index (κ1) is 11.7. The largest absolute Gasteiger partial charge is 0.391 e. The van der Waals surface area contributed by atoms with E-state index in [1.54, 1.807) is 6.92 Å². The Bertz CT molecular complexity index is 165. The minimum absolute atomic E-state index is 0.205. The Balaban J connectivity index is 0.000000140. The number of allylic oxidation sites excluding steroid dienone is 2. The molecule has 0 radical (unpaired) electrons. The summed E-state index contributed by atoms with van der Waals surface area (Å²) in [4.78, 5) is 0.